The average Bonchev–Trinajstić information content (AvgIpc) is 3.56. The van der Waals surface area contributed by atoms with Gasteiger partial charge in [0, 0.05) is 33.7 Å². The number of carbonyl (C=O) groups is 3. The van der Waals surface area contributed by atoms with Crippen LogP contribution in [0.2, 0.25) is 0 Å². The van der Waals surface area contributed by atoms with Gasteiger partial charge in [-0.25, -0.2) is 14.5 Å². The molecule has 2 aliphatic heterocycles. The van der Waals surface area contributed by atoms with Gasteiger partial charge in [-0.3, -0.25) is 14.5 Å². The van der Waals surface area contributed by atoms with Gasteiger partial charge in [0.1, 0.15) is 30.1 Å². The maximum atomic E-state index is 13.1. The van der Waals surface area contributed by atoms with Crippen LogP contribution in [0.25, 0.3) is 11.3 Å². The second-order valence-electron chi connectivity index (χ2n) is 8.27. The van der Waals surface area contributed by atoms with E-state index < -0.39 is 29.2 Å². The van der Waals surface area contributed by atoms with Gasteiger partial charge in [0.25, 0.3) is 11.8 Å². The highest BCUT2D eigenvalue weighted by atomic mass is 32.2. The minimum Gasteiger partial charge on any atom is -0.543 e. The first-order chi connectivity index (χ1) is 18.8. The number of thioether (sulfide) groups is 2. The van der Waals surface area contributed by atoms with Crippen LogP contribution in [0.4, 0.5) is 0 Å². The number of aromatic nitrogens is 4. The summed E-state index contributed by atoms with van der Waals surface area (Å²) in [4.78, 5) is 53.7. The molecule has 1 N–H and O–H groups in total. The van der Waals surface area contributed by atoms with Gasteiger partial charge < -0.3 is 20.1 Å². The molecule has 5 heterocycles. The lowest BCUT2D eigenvalue weighted by Gasteiger charge is -2.50. The van der Waals surface area contributed by atoms with Crippen molar-refractivity contribution < 1.29 is 28.9 Å². The molecule has 39 heavy (non-hydrogen) atoms. The molecule has 5 rings (SSSR count). The van der Waals surface area contributed by atoms with E-state index in [4.69, 9.17) is 4.84 Å². The molecule has 3 aromatic heterocycles. The Morgan fingerprint density at radius 1 is 1.33 bits per heavy atom. The van der Waals surface area contributed by atoms with Crippen LogP contribution in [-0.2, 0) is 26.3 Å². The molecule has 0 saturated carbocycles. The highest BCUT2D eigenvalue weighted by molar-refractivity contribution is 8.07. The molecule has 0 radical (unpaired) electrons. The van der Waals surface area contributed by atoms with Crippen LogP contribution in [0.5, 0.6) is 0 Å². The standard InChI is InChI=1S/C23H21N7O5S4/c1-4-35-27-15(18-24-11(2)39-28-18)19(31)26-16-20(32)30-17(22(33)34)14(10-36-21(16)30)38-23-25-13(9-37-23)12-5-7-29(3)8-6-12/h5-9,16,21H,4,10H2,1-3H3,(H-,26,31,33,34)/b27-15-/t16-,21?/m1/s1. The SMILES string of the molecule is CCO/N=C(\C(=O)N[C@@H]1C(=O)N2C(C(=O)[O-])=C(Sc3nc(-c4cc[n+](C)cc4)cs3)CSC12)c1nsc(C)n1. The molecule has 1 saturated heterocycles. The fourth-order valence-electron chi connectivity index (χ4n) is 3.79. The van der Waals surface area contributed by atoms with Crippen molar-refractivity contribution in [2.75, 3.05) is 12.4 Å². The van der Waals surface area contributed by atoms with Gasteiger partial charge in [-0.15, -0.1) is 23.1 Å². The van der Waals surface area contributed by atoms with E-state index >= 15 is 0 Å². The zero-order valence-corrected chi connectivity index (χ0v) is 24.1. The number of nitrogens with one attached hydrogen (secondary N) is 1. The second kappa shape index (κ2) is 11.4. The highest BCUT2D eigenvalue weighted by Gasteiger charge is 2.53. The van der Waals surface area contributed by atoms with Crippen molar-refractivity contribution in [3.8, 4) is 11.3 Å². The number of rotatable bonds is 9. The number of amides is 2. The van der Waals surface area contributed by atoms with E-state index in [1.165, 1.54) is 34.9 Å². The first kappa shape index (κ1) is 27.2. The van der Waals surface area contributed by atoms with Crippen LogP contribution in [0.3, 0.4) is 0 Å². The van der Waals surface area contributed by atoms with E-state index in [-0.39, 0.29) is 23.8 Å². The van der Waals surface area contributed by atoms with Gasteiger partial charge in [-0.2, -0.15) is 4.37 Å². The Labute approximate surface area is 239 Å². The van der Waals surface area contributed by atoms with Gasteiger partial charge in [0.2, 0.25) is 11.5 Å². The van der Waals surface area contributed by atoms with Crippen molar-refractivity contribution in [2.24, 2.45) is 12.2 Å². The predicted molar refractivity (Wildman–Crippen MR) is 144 cm³/mol. The zero-order chi connectivity index (χ0) is 27.7. The maximum absolute atomic E-state index is 13.1. The Morgan fingerprint density at radius 3 is 2.77 bits per heavy atom. The fraction of sp³-hybridized carbons (Fsp3) is 0.304. The van der Waals surface area contributed by atoms with E-state index in [9.17, 15) is 19.5 Å². The molecule has 2 aliphatic rings. The molecular formula is C23H21N7O5S4. The summed E-state index contributed by atoms with van der Waals surface area (Å²) in [5.41, 5.74) is 1.35. The van der Waals surface area contributed by atoms with Crippen molar-refractivity contribution in [1.29, 1.82) is 0 Å². The number of carboxylic acid groups (broad SMARTS) is 1. The minimum atomic E-state index is -1.46. The molecule has 12 nitrogen and oxygen atoms in total. The zero-order valence-electron chi connectivity index (χ0n) is 20.8. The lowest BCUT2D eigenvalue weighted by molar-refractivity contribution is -0.671. The number of thiazole rings is 1. The van der Waals surface area contributed by atoms with Crippen molar-refractivity contribution in [2.45, 2.75) is 29.6 Å². The normalized spacial score (nSPS) is 19.0. The summed E-state index contributed by atoms with van der Waals surface area (Å²) in [5.74, 6) is -2.33. The lowest BCUT2D eigenvalue weighted by Crippen LogP contribution is -2.71. The number of aliphatic carboxylic acids is 1. The molecule has 202 valence electrons. The van der Waals surface area contributed by atoms with Crippen molar-refractivity contribution in [3.05, 3.63) is 51.3 Å². The van der Waals surface area contributed by atoms with Crippen LogP contribution in [0, 0.1) is 6.92 Å². The third-order valence-corrected chi connectivity index (χ3v) is 9.73. The summed E-state index contributed by atoms with van der Waals surface area (Å²) in [7, 11) is 1.92. The first-order valence-corrected chi connectivity index (χ1v) is 15.1. The molecule has 1 fully saturated rings. The highest BCUT2D eigenvalue weighted by Crippen LogP contribution is 2.45. The van der Waals surface area contributed by atoms with Crippen molar-refractivity contribution in [1.82, 2.24) is 24.6 Å². The molecule has 2 amide bonds. The number of carboxylic acids is 1. The third-order valence-electron chi connectivity index (χ3n) is 5.62. The van der Waals surface area contributed by atoms with E-state index in [2.05, 4.69) is 24.8 Å². The number of aryl methyl sites for hydroxylation is 2. The first-order valence-electron chi connectivity index (χ1n) is 11.6. The second-order valence-corrected chi connectivity index (χ2v) is 12.5. The van der Waals surface area contributed by atoms with Gasteiger partial charge in [0.05, 0.1) is 17.4 Å². The molecule has 16 heteroatoms. The maximum Gasteiger partial charge on any atom is 0.278 e. The topological polar surface area (TPSA) is 154 Å². The molecule has 0 spiro atoms. The Morgan fingerprint density at radius 2 is 2.10 bits per heavy atom. The van der Waals surface area contributed by atoms with Crippen LogP contribution < -0.4 is 15.0 Å². The average molecular weight is 604 g/mol. The molecule has 3 aromatic rings. The Balaban J connectivity index is 1.32. The van der Waals surface area contributed by atoms with E-state index in [0.717, 1.165) is 27.7 Å². The van der Waals surface area contributed by atoms with Crippen molar-refractivity contribution in [3.63, 3.8) is 0 Å². The Kier molecular flexibility index (Phi) is 7.97. The summed E-state index contributed by atoms with van der Waals surface area (Å²) in [6.07, 6.45) is 3.84. The van der Waals surface area contributed by atoms with Gasteiger partial charge in [-0.05, 0) is 25.4 Å². The summed E-state index contributed by atoms with van der Waals surface area (Å²) in [6.45, 7) is 3.67. The van der Waals surface area contributed by atoms with Gasteiger partial charge in [0.15, 0.2) is 16.7 Å². The number of β-lactam (4-membered cyclic amide) rings is 1. The third kappa shape index (κ3) is 5.54. The number of nitrogens with zero attached hydrogens (tertiary/aromatic N) is 6. The number of hydrogen-bond acceptors (Lipinski definition) is 13. The summed E-state index contributed by atoms with van der Waals surface area (Å²) < 4.78 is 6.67. The lowest BCUT2D eigenvalue weighted by atomic mass is 10.0. The van der Waals surface area contributed by atoms with Crippen LogP contribution >= 0.6 is 46.4 Å². The van der Waals surface area contributed by atoms with Gasteiger partial charge in [-0.1, -0.05) is 16.9 Å². The van der Waals surface area contributed by atoms with E-state index in [0.29, 0.717) is 20.0 Å². The molecular weight excluding hydrogens is 583 g/mol. The van der Waals surface area contributed by atoms with Gasteiger partial charge >= 0.3 is 0 Å². The number of pyridine rings is 1. The number of fused-ring (bicyclic) bond motifs is 1. The fourth-order valence-corrected chi connectivity index (χ4v) is 7.72. The minimum absolute atomic E-state index is 0.0876. The largest absolute Gasteiger partial charge is 0.543 e. The Bertz CT molecular complexity index is 1500. The number of hydrogen-bond donors (Lipinski definition) is 1. The Hall–Kier alpha value is -3.34. The number of carbonyl (C=O) groups excluding carboxylic acids is 3. The van der Waals surface area contributed by atoms with Crippen LogP contribution in [0.1, 0.15) is 17.8 Å². The molecule has 1 unspecified atom stereocenters. The predicted octanol–water partition coefficient (Wildman–Crippen LogP) is 0.689. The van der Waals surface area contributed by atoms with Crippen LogP contribution in [-0.4, -0.2) is 66.5 Å². The molecule has 2 atom stereocenters. The molecule has 0 aliphatic carbocycles. The quantitative estimate of drug-likeness (QED) is 0.160. The number of oxime groups is 1. The molecule has 0 bridgehead atoms. The summed E-state index contributed by atoms with van der Waals surface area (Å²) in [5, 5.41) is 20.5. The van der Waals surface area contributed by atoms with E-state index in [1.807, 2.05) is 41.5 Å². The van der Waals surface area contributed by atoms with E-state index in [1.54, 1.807) is 13.8 Å². The summed E-state index contributed by atoms with van der Waals surface area (Å²) in [6, 6.07) is 2.93. The smallest absolute Gasteiger partial charge is 0.278 e. The summed E-state index contributed by atoms with van der Waals surface area (Å²) >= 11 is 5.03. The van der Waals surface area contributed by atoms with Crippen molar-refractivity contribution >= 4 is 69.9 Å². The monoisotopic (exact) mass is 603 g/mol. The van der Waals surface area contributed by atoms with Crippen LogP contribution in [0.15, 0.2) is 50.0 Å². The molecule has 0 aromatic carbocycles.